The number of nitrogens with zero attached hydrogens (tertiary/aromatic N) is 3. The van der Waals surface area contributed by atoms with Gasteiger partial charge in [-0.3, -0.25) is 19.7 Å². The highest BCUT2D eigenvalue weighted by molar-refractivity contribution is 7.92. The summed E-state index contributed by atoms with van der Waals surface area (Å²) < 4.78 is 27.7. The summed E-state index contributed by atoms with van der Waals surface area (Å²) in [7, 11) is -4.07. The van der Waals surface area contributed by atoms with Crippen LogP contribution in [0.3, 0.4) is 0 Å². The number of nitrogens with one attached hydrogen (secondary N) is 1. The van der Waals surface area contributed by atoms with E-state index in [9.17, 15) is 18.5 Å². The van der Waals surface area contributed by atoms with Gasteiger partial charge in [-0.25, -0.2) is 8.42 Å². The van der Waals surface area contributed by atoms with E-state index in [1.807, 2.05) is 30.3 Å². The molecule has 0 atom stereocenters. The number of benzene rings is 3. The minimum atomic E-state index is -4.07. The van der Waals surface area contributed by atoms with Crippen molar-refractivity contribution < 1.29 is 13.3 Å². The Labute approximate surface area is 187 Å². The number of para-hydroxylation sites is 2. The summed E-state index contributed by atoms with van der Waals surface area (Å²) in [6, 6.07) is 22.8. The molecule has 1 N–H and O–H groups in total. The maximum Gasteiger partial charge on any atom is 0.289 e. The zero-order valence-electron chi connectivity index (χ0n) is 17.4. The van der Waals surface area contributed by atoms with Crippen LogP contribution < -0.4 is 9.62 Å². The van der Waals surface area contributed by atoms with E-state index < -0.39 is 20.6 Å². The lowest BCUT2D eigenvalue weighted by Crippen LogP contribution is -2.45. The SMILES string of the molecule is O=[N+]([O-])c1ccccc1S(=O)(=O)Nc1ccc(CN2CCN(c3ccccc3)CC2)cc1. The molecule has 1 aliphatic rings. The monoisotopic (exact) mass is 452 g/mol. The molecule has 1 fully saturated rings. The first-order valence-electron chi connectivity index (χ1n) is 10.3. The van der Waals surface area contributed by atoms with Crippen LogP contribution in [0.2, 0.25) is 0 Å². The Morgan fingerprint density at radius 2 is 1.47 bits per heavy atom. The van der Waals surface area contributed by atoms with Gasteiger partial charge >= 0.3 is 0 Å². The fourth-order valence-electron chi connectivity index (χ4n) is 3.78. The average molecular weight is 453 g/mol. The van der Waals surface area contributed by atoms with Gasteiger partial charge in [-0.15, -0.1) is 0 Å². The van der Waals surface area contributed by atoms with Crippen molar-refractivity contribution in [2.24, 2.45) is 0 Å². The molecule has 3 aromatic carbocycles. The van der Waals surface area contributed by atoms with Gasteiger partial charge in [-0.1, -0.05) is 42.5 Å². The van der Waals surface area contributed by atoms with Crippen LogP contribution in [0.25, 0.3) is 0 Å². The number of hydrogen-bond acceptors (Lipinski definition) is 6. The zero-order valence-corrected chi connectivity index (χ0v) is 18.2. The summed E-state index contributed by atoms with van der Waals surface area (Å²) in [6.45, 7) is 4.58. The molecular formula is C23H24N4O4S. The van der Waals surface area contributed by atoms with Gasteiger partial charge in [0.2, 0.25) is 0 Å². The number of rotatable bonds is 7. The van der Waals surface area contributed by atoms with E-state index in [1.165, 1.54) is 30.0 Å². The van der Waals surface area contributed by atoms with Crippen molar-refractivity contribution in [2.45, 2.75) is 11.4 Å². The quantitative estimate of drug-likeness (QED) is 0.434. The number of piperazine rings is 1. The topological polar surface area (TPSA) is 95.8 Å². The van der Waals surface area contributed by atoms with E-state index in [2.05, 4.69) is 26.7 Å². The molecule has 1 saturated heterocycles. The third kappa shape index (κ3) is 5.06. The molecule has 0 spiro atoms. The predicted octanol–water partition coefficient (Wildman–Crippen LogP) is 3.72. The second-order valence-corrected chi connectivity index (χ2v) is 9.28. The van der Waals surface area contributed by atoms with Crippen LogP contribution in [0.4, 0.5) is 17.1 Å². The van der Waals surface area contributed by atoms with E-state index in [0.717, 1.165) is 38.3 Å². The predicted molar refractivity (Wildman–Crippen MR) is 124 cm³/mol. The Kier molecular flexibility index (Phi) is 6.38. The fourth-order valence-corrected chi connectivity index (χ4v) is 5.02. The summed E-state index contributed by atoms with van der Waals surface area (Å²) in [4.78, 5) is 14.8. The Balaban J connectivity index is 1.36. The molecule has 1 heterocycles. The molecule has 1 aliphatic heterocycles. The van der Waals surface area contributed by atoms with Crippen LogP contribution >= 0.6 is 0 Å². The summed E-state index contributed by atoms with van der Waals surface area (Å²) in [5.74, 6) is 0. The Hall–Kier alpha value is -3.43. The van der Waals surface area contributed by atoms with Crippen molar-refractivity contribution in [3.63, 3.8) is 0 Å². The molecule has 4 rings (SSSR count). The summed E-state index contributed by atoms with van der Waals surface area (Å²) >= 11 is 0. The zero-order chi connectivity index (χ0) is 22.6. The van der Waals surface area contributed by atoms with Crippen LogP contribution in [0.1, 0.15) is 5.56 Å². The molecule has 3 aromatic rings. The highest BCUT2D eigenvalue weighted by Crippen LogP contribution is 2.25. The molecule has 0 saturated carbocycles. The molecule has 0 bridgehead atoms. The van der Waals surface area contributed by atoms with Gasteiger partial charge < -0.3 is 4.90 Å². The Bertz CT molecular complexity index is 1180. The second kappa shape index (κ2) is 9.37. The minimum Gasteiger partial charge on any atom is -0.369 e. The normalized spacial score (nSPS) is 14.8. The van der Waals surface area contributed by atoms with Crippen molar-refractivity contribution in [3.05, 3.63) is 94.5 Å². The molecule has 8 nitrogen and oxygen atoms in total. The van der Waals surface area contributed by atoms with Gasteiger partial charge in [-0.05, 0) is 35.9 Å². The molecular weight excluding hydrogens is 428 g/mol. The first-order chi connectivity index (χ1) is 15.4. The first-order valence-corrected chi connectivity index (χ1v) is 11.8. The van der Waals surface area contributed by atoms with E-state index in [4.69, 9.17) is 0 Å². The lowest BCUT2D eigenvalue weighted by atomic mass is 10.1. The molecule has 0 unspecified atom stereocenters. The molecule has 0 amide bonds. The fraction of sp³-hybridized carbons (Fsp3) is 0.217. The molecule has 0 radical (unpaired) electrons. The standard InChI is InChI=1S/C23H24N4O4S/c28-27(29)22-8-4-5-9-23(22)32(30,31)24-20-12-10-19(11-13-20)18-25-14-16-26(17-15-25)21-6-2-1-3-7-21/h1-13,24H,14-18H2. The largest absolute Gasteiger partial charge is 0.369 e. The van der Waals surface area contributed by atoms with Gasteiger partial charge in [0.05, 0.1) is 4.92 Å². The Morgan fingerprint density at radius 3 is 2.12 bits per heavy atom. The first kappa shape index (κ1) is 21.8. The van der Waals surface area contributed by atoms with Crippen molar-refractivity contribution in [1.29, 1.82) is 0 Å². The van der Waals surface area contributed by atoms with Crippen LogP contribution in [0.15, 0.2) is 83.8 Å². The van der Waals surface area contributed by atoms with Crippen LogP contribution in [0.5, 0.6) is 0 Å². The molecule has 0 aromatic heterocycles. The third-order valence-corrected chi connectivity index (χ3v) is 6.89. The van der Waals surface area contributed by atoms with Crippen LogP contribution in [0, 0.1) is 10.1 Å². The molecule has 32 heavy (non-hydrogen) atoms. The van der Waals surface area contributed by atoms with Gasteiger partial charge in [0, 0.05) is 50.2 Å². The molecule has 9 heteroatoms. The highest BCUT2D eigenvalue weighted by Gasteiger charge is 2.25. The number of anilines is 2. The summed E-state index contributed by atoms with van der Waals surface area (Å²) in [5.41, 5.74) is 2.22. The number of nitro groups is 1. The number of hydrogen-bond donors (Lipinski definition) is 1. The van der Waals surface area contributed by atoms with Gasteiger partial charge in [-0.2, -0.15) is 0 Å². The van der Waals surface area contributed by atoms with E-state index >= 15 is 0 Å². The highest BCUT2D eigenvalue weighted by atomic mass is 32.2. The molecule has 166 valence electrons. The molecule has 0 aliphatic carbocycles. The lowest BCUT2D eigenvalue weighted by molar-refractivity contribution is -0.387. The van der Waals surface area contributed by atoms with Crippen molar-refractivity contribution in [3.8, 4) is 0 Å². The second-order valence-electron chi connectivity index (χ2n) is 7.63. The lowest BCUT2D eigenvalue weighted by Gasteiger charge is -2.36. The van der Waals surface area contributed by atoms with Crippen molar-refractivity contribution in [1.82, 2.24) is 4.90 Å². The van der Waals surface area contributed by atoms with Crippen molar-refractivity contribution in [2.75, 3.05) is 35.8 Å². The van der Waals surface area contributed by atoms with Gasteiger partial charge in [0.25, 0.3) is 15.7 Å². The number of nitro benzene ring substituents is 1. The average Bonchev–Trinajstić information content (AvgIpc) is 2.81. The maximum absolute atomic E-state index is 12.6. The van der Waals surface area contributed by atoms with Crippen LogP contribution in [-0.2, 0) is 16.6 Å². The minimum absolute atomic E-state index is 0.356. The third-order valence-electron chi connectivity index (χ3n) is 5.46. The van der Waals surface area contributed by atoms with E-state index in [0.29, 0.717) is 5.69 Å². The van der Waals surface area contributed by atoms with Gasteiger partial charge in [0.15, 0.2) is 4.90 Å². The number of sulfonamides is 1. The van der Waals surface area contributed by atoms with E-state index in [-0.39, 0.29) is 4.90 Å². The van der Waals surface area contributed by atoms with Gasteiger partial charge in [0.1, 0.15) is 0 Å². The summed E-state index contributed by atoms with van der Waals surface area (Å²) in [6.07, 6.45) is 0. The summed E-state index contributed by atoms with van der Waals surface area (Å²) in [5, 5.41) is 11.2. The maximum atomic E-state index is 12.6. The van der Waals surface area contributed by atoms with E-state index in [1.54, 1.807) is 12.1 Å². The van der Waals surface area contributed by atoms with Crippen molar-refractivity contribution >= 4 is 27.1 Å². The smallest absolute Gasteiger partial charge is 0.289 e. The van der Waals surface area contributed by atoms with Crippen LogP contribution in [-0.4, -0.2) is 44.4 Å². The Morgan fingerprint density at radius 1 is 0.844 bits per heavy atom.